The van der Waals surface area contributed by atoms with E-state index in [0.29, 0.717) is 13.2 Å². The Morgan fingerprint density at radius 2 is 1.95 bits per heavy atom. The molecule has 0 bridgehead atoms. The van der Waals surface area contributed by atoms with Gasteiger partial charge in [0.1, 0.15) is 5.60 Å². The van der Waals surface area contributed by atoms with Crippen LogP contribution in [0.2, 0.25) is 0 Å². The molecule has 0 aromatic heterocycles. The highest BCUT2D eigenvalue weighted by atomic mass is 16.6. The van der Waals surface area contributed by atoms with Crippen molar-refractivity contribution in [2.24, 2.45) is 5.92 Å². The highest BCUT2D eigenvalue weighted by Gasteiger charge is 2.37. The van der Waals surface area contributed by atoms with E-state index >= 15 is 0 Å². The van der Waals surface area contributed by atoms with Gasteiger partial charge < -0.3 is 14.8 Å². The fraction of sp³-hybridized carbons (Fsp3) is 0.588. The number of benzene rings is 1. The first-order valence-corrected chi connectivity index (χ1v) is 7.48. The fourth-order valence-electron chi connectivity index (χ4n) is 2.49. The van der Waals surface area contributed by atoms with Crippen molar-refractivity contribution >= 4 is 5.97 Å². The van der Waals surface area contributed by atoms with Gasteiger partial charge in [-0.2, -0.15) is 0 Å². The standard InChI is InChI=1S/C17H25NO3/c1-12(13-8-6-5-7-9-13)18-15-11-20-10-14(15)16(19)21-17(2,3)4/h5-9,12,14-15,18H,10-11H2,1-4H3. The fourth-order valence-corrected chi connectivity index (χ4v) is 2.49. The first kappa shape index (κ1) is 16.0. The topological polar surface area (TPSA) is 47.6 Å². The molecule has 1 aliphatic heterocycles. The van der Waals surface area contributed by atoms with E-state index in [1.165, 1.54) is 5.56 Å². The summed E-state index contributed by atoms with van der Waals surface area (Å²) in [6, 6.07) is 10.4. The van der Waals surface area contributed by atoms with Crippen LogP contribution in [0.3, 0.4) is 0 Å². The van der Waals surface area contributed by atoms with Gasteiger partial charge in [0.05, 0.1) is 19.1 Å². The van der Waals surface area contributed by atoms with Gasteiger partial charge in [-0.05, 0) is 33.3 Å². The number of rotatable bonds is 4. The maximum atomic E-state index is 12.2. The molecule has 3 unspecified atom stereocenters. The molecule has 1 aromatic carbocycles. The third-order valence-electron chi connectivity index (χ3n) is 3.55. The SMILES string of the molecule is CC(NC1COCC1C(=O)OC(C)(C)C)c1ccccc1. The van der Waals surface area contributed by atoms with Crippen LogP contribution in [0, 0.1) is 5.92 Å². The summed E-state index contributed by atoms with van der Waals surface area (Å²) in [5.41, 5.74) is 0.738. The Balaban J connectivity index is 1.97. The molecule has 1 heterocycles. The van der Waals surface area contributed by atoms with Crippen LogP contribution in [0.1, 0.15) is 39.3 Å². The zero-order valence-electron chi connectivity index (χ0n) is 13.3. The summed E-state index contributed by atoms with van der Waals surface area (Å²) >= 11 is 0. The van der Waals surface area contributed by atoms with Gasteiger partial charge >= 0.3 is 5.97 Å². The van der Waals surface area contributed by atoms with E-state index in [2.05, 4.69) is 24.4 Å². The molecule has 2 rings (SSSR count). The second-order valence-corrected chi connectivity index (χ2v) is 6.58. The molecule has 21 heavy (non-hydrogen) atoms. The molecule has 1 fully saturated rings. The van der Waals surface area contributed by atoms with Crippen LogP contribution in [0.4, 0.5) is 0 Å². The molecule has 0 saturated carbocycles. The van der Waals surface area contributed by atoms with Crippen LogP contribution in [0.25, 0.3) is 0 Å². The van der Waals surface area contributed by atoms with E-state index in [1.54, 1.807) is 0 Å². The minimum Gasteiger partial charge on any atom is -0.460 e. The highest BCUT2D eigenvalue weighted by Crippen LogP contribution is 2.22. The Morgan fingerprint density at radius 1 is 1.29 bits per heavy atom. The Hall–Kier alpha value is -1.39. The van der Waals surface area contributed by atoms with Gasteiger partial charge in [0.2, 0.25) is 0 Å². The molecule has 4 heteroatoms. The molecule has 116 valence electrons. The molecule has 1 aromatic rings. The molecule has 0 amide bonds. The predicted octanol–water partition coefficient (Wildman–Crippen LogP) is 2.69. The molecular weight excluding hydrogens is 266 g/mol. The van der Waals surface area contributed by atoms with Crippen LogP contribution in [0.5, 0.6) is 0 Å². The molecule has 3 atom stereocenters. The van der Waals surface area contributed by atoms with Gasteiger partial charge in [-0.25, -0.2) is 0 Å². The Labute approximate surface area is 126 Å². The van der Waals surface area contributed by atoms with E-state index in [1.807, 2.05) is 39.0 Å². The van der Waals surface area contributed by atoms with E-state index in [4.69, 9.17) is 9.47 Å². The van der Waals surface area contributed by atoms with Crippen molar-refractivity contribution < 1.29 is 14.3 Å². The van der Waals surface area contributed by atoms with Gasteiger partial charge in [-0.1, -0.05) is 30.3 Å². The lowest BCUT2D eigenvalue weighted by Gasteiger charge is -2.26. The van der Waals surface area contributed by atoms with Gasteiger partial charge in [0.25, 0.3) is 0 Å². The van der Waals surface area contributed by atoms with Crippen molar-refractivity contribution in [1.29, 1.82) is 0 Å². The number of ether oxygens (including phenoxy) is 2. The average molecular weight is 291 g/mol. The summed E-state index contributed by atoms with van der Waals surface area (Å²) in [6.07, 6.45) is 0. The maximum Gasteiger partial charge on any atom is 0.313 e. The monoisotopic (exact) mass is 291 g/mol. The lowest BCUT2D eigenvalue weighted by atomic mass is 10.0. The lowest BCUT2D eigenvalue weighted by Crippen LogP contribution is -2.42. The van der Waals surface area contributed by atoms with Gasteiger partial charge in [-0.3, -0.25) is 4.79 Å². The van der Waals surface area contributed by atoms with Crippen LogP contribution < -0.4 is 5.32 Å². The van der Waals surface area contributed by atoms with Crippen LogP contribution in [-0.2, 0) is 14.3 Å². The molecule has 0 radical (unpaired) electrons. The molecule has 1 N–H and O–H groups in total. The van der Waals surface area contributed by atoms with Crippen molar-refractivity contribution in [3.05, 3.63) is 35.9 Å². The summed E-state index contributed by atoms with van der Waals surface area (Å²) in [4.78, 5) is 12.2. The highest BCUT2D eigenvalue weighted by molar-refractivity contribution is 5.74. The minimum absolute atomic E-state index is 0.00458. The summed E-state index contributed by atoms with van der Waals surface area (Å²) < 4.78 is 11.0. The number of hydrogen-bond donors (Lipinski definition) is 1. The van der Waals surface area contributed by atoms with Gasteiger partial charge in [0.15, 0.2) is 0 Å². The summed E-state index contributed by atoms with van der Waals surface area (Å²) in [7, 11) is 0. The molecular formula is C17H25NO3. The third-order valence-corrected chi connectivity index (χ3v) is 3.55. The molecule has 1 saturated heterocycles. The number of nitrogens with one attached hydrogen (secondary N) is 1. The number of carbonyl (C=O) groups is 1. The first-order valence-electron chi connectivity index (χ1n) is 7.48. The summed E-state index contributed by atoms with van der Waals surface area (Å²) in [6.45, 7) is 8.72. The minimum atomic E-state index is -0.463. The zero-order chi connectivity index (χ0) is 15.5. The molecule has 0 spiro atoms. The van der Waals surface area contributed by atoms with Crippen molar-refractivity contribution in [1.82, 2.24) is 5.32 Å². The normalized spacial score (nSPS) is 23.8. The first-order chi connectivity index (χ1) is 9.87. The van der Waals surface area contributed by atoms with Crippen molar-refractivity contribution in [3.8, 4) is 0 Å². The second kappa shape index (κ2) is 6.58. The maximum absolute atomic E-state index is 12.2. The lowest BCUT2D eigenvalue weighted by molar-refractivity contribution is -0.160. The van der Waals surface area contributed by atoms with E-state index in [0.717, 1.165) is 0 Å². The number of esters is 1. The van der Waals surface area contributed by atoms with Crippen LogP contribution in [0.15, 0.2) is 30.3 Å². The zero-order valence-corrected chi connectivity index (χ0v) is 13.3. The largest absolute Gasteiger partial charge is 0.460 e. The average Bonchev–Trinajstić information content (AvgIpc) is 2.86. The Bertz CT molecular complexity index is 467. The van der Waals surface area contributed by atoms with Gasteiger partial charge in [-0.15, -0.1) is 0 Å². The molecule has 0 aliphatic carbocycles. The predicted molar refractivity (Wildman–Crippen MR) is 81.9 cm³/mol. The van der Waals surface area contributed by atoms with E-state index in [-0.39, 0.29) is 24.0 Å². The smallest absolute Gasteiger partial charge is 0.313 e. The van der Waals surface area contributed by atoms with E-state index in [9.17, 15) is 4.79 Å². The quantitative estimate of drug-likeness (QED) is 0.867. The second-order valence-electron chi connectivity index (χ2n) is 6.58. The Morgan fingerprint density at radius 3 is 2.57 bits per heavy atom. The van der Waals surface area contributed by atoms with Crippen LogP contribution in [-0.4, -0.2) is 30.8 Å². The molecule has 1 aliphatic rings. The Kier molecular flexibility index (Phi) is 5.01. The van der Waals surface area contributed by atoms with Crippen molar-refractivity contribution in [2.45, 2.75) is 45.4 Å². The van der Waals surface area contributed by atoms with Crippen molar-refractivity contribution in [3.63, 3.8) is 0 Å². The summed E-state index contributed by atoms with van der Waals surface area (Å²) in [5, 5.41) is 3.49. The van der Waals surface area contributed by atoms with Crippen LogP contribution >= 0.6 is 0 Å². The van der Waals surface area contributed by atoms with Gasteiger partial charge in [0, 0.05) is 12.1 Å². The number of carbonyl (C=O) groups excluding carboxylic acids is 1. The third kappa shape index (κ3) is 4.55. The summed E-state index contributed by atoms with van der Waals surface area (Å²) in [5.74, 6) is -0.423. The van der Waals surface area contributed by atoms with E-state index < -0.39 is 5.60 Å². The molecule has 4 nitrogen and oxygen atoms in total. The van der Waals surface area contributed by atoms with Crippen molar-refractivity contribution in [2.75, 3.05) is 13.2 Å². The number of hydrogen-bond acceptors (Lipinski definition) is 4.